The van der Waals surface area contributed by atoms with Gasteiger partial charge in [-0.2, -0.15) is 0 Å². The molecule has 1 aliphatic heterocycles. The van der Waals surface area contributed by atoms with E-state index in [-0.39, 0.29) is 47.6 Å². The van der Waals surface area contributed by atoms with Crippen molar-refractivity contribution < 1.29 is 27.9 Å². The predicted molar refractivity (Wildman–Crippen MR) is 98.5 cm³/mol. The van der Waals surface area contributed by atoms with E-state index in [1.165, 1.54) is 25.3 Å². The van der Waals surface area contributed by atoms with Crippen molar-refractivity contribution in [3.63, 3.8) is 0 Å². The summed E-state index contributed by atoms with van der Waals surface area (Å²) in [6.45, 7) is 3.87. The third kappa shape index (κ3) is 3.60. The lowest BCUT2D eigenvalue weighted by atomic mass is 10.0. The third-order valence-corrected chi connectivity index (χ3v) is 4.64. The molecule has 0 aliphatic carbocycles. The normalized spacial score (nSPS) is 14.2. The van der Waals surface area contributed by atoms with E-state index in [0.717, 1.165) is 6.07 Å². The average molecular weight is 385 g/mol. The van der Waals surface area contributed by atoms with Gasteiger partial charge in [0.1, 0.15) is 17.9 Å². The zero-order valence-corrected chi connectivity index (χ0v) is 15.8. The Kier molecular flexibility index (Phi) is 5.44. The molecule has 0 saturated heterocycles. The van der Waals surface area contributed by atoms with Crippen molar-refractivity contribution in [2.24, 2.45) is 0 Å². The van der Waals surface area contributed by atoms with Gasteiger partial charge in [0, 0.05) is 18.0 Å². The molecule has 0 unspecified atom stereocenters. The van der Waals surface area contributed by atoms with Gasteiger partial charge in [-0.3, -0.25) is 14.4 Å². The number of ketones is 1. The molecule has 1 aromatic heterocycles. The lowest BCUT2D eigenvalue weighted by Crippen LogP contribution is -2.34. The van der Waals surface area contributed by atoms with Crippen LogP contribution in [0.15, 0.2) is 46.1 Å². The molecule has 2 aromatic rings. The first kappa shape index (κ1) is 19.5. The minimum absolute atomic E-state index is 0.0263. The van der Waals surface area contributed by atoms with Crippen molar-refractivity contribution in [1.29, 1.82) is 0 Å². The lowest BCUT2D eigenvalue weighted by Gasteiger charge is -2.20. The van der Waals surface area contributed by atoms with E-state index in [0.29, 0.717) is 17.6 Å². The molecule has 0 saturated carbocycles. The van der Waals surface area contributed by atoms with Gasteiger partial charge in [0.2, 0.25) is 5.78 Å². The van der Waals surface area contributed by atoms with Gasteiger partial charge < -0.3 is 14.1 Å². The van der Waals surface area contributed by atoms with Gasteiger partial charge in [0.05, 0.1) is 19.2 Å². The van der Waals surface area contributed by atoms with Crippen LogP contribution in [0, 0.1) is 5.82 Å². The van der Waals surface area contributed by atoms with E-state index in [1.807, 2.05) is 13.8 Å². The summed E-state index contributed by atoms with van der Waals surface area (Å²) in [6.07, 6.45) is 0.808. The second-order valence-corrected chi connectivity index (χ2v) is 6.77. The molecule has 1 aromatic carbocycles. The number of aldehydes is 1. The molecule has 2 heterocycles. The number of furan rings is 1. The van der Waals surface area contributed by atoms with Gasteiger partial charge in [-0.05, 0) is 43.7 Å². The number of hydrogen-bond donors (Lipinski definition) is 0. The van der Waals surface area contributed by atoms with Crippen LogP contribution in [0.4, 0.5) is 4.39 Å². The van der Waals surface area contributed by atoms with E-state index in [2.05, 4.69) is 0 Å². The van der Waals surface area contributed by atoms with Crippen LogP contribution in [-0.4, -0.2) is 42.6 Å². The number of hydrogen-bond acceptors (Lipinski definition) is 5. The summed E-state index contributed by atoms with van der Waals surface area (Å²) in [5.41, 5.74) is 1.06. The Hall–Kier alpha value is -3.22. The van der Waals surface area contributed by atoms with E-state index in [4.69, 9.17) is 9.15 Å². The predicted octanol–water partition coefficient (Wildman–Crippen LogP) is 3.16. The van der Waals surface area contributed by atoms with E-state index < -0.39 is 11.6 Å². The maximum Gasteiger partial charge on any atom is 0.289 e. The fraction of sp³-hybridized carbons (Fsp3) is 0.286. The zero-order chi connectivity index (χ0) is 20.4. The summed E-state index contributed by atoms with van der Waals surface area (Å²) in [6, 6.07) is 6.98. The van der Waals surface area contributed by atoms with Gasteiger partial charge in [-0.25, -0.2) is 4.39 Å². The molecular formula is C21H20FNO5. The number of ether oxygens (including phenoxy) is 1. The number of halogens is 1. The molecule has 1 amide bonds. The number of Topliss-reactive ketones (excluding diaryl/α,β-unsaturated/α-hetero) is 1. The first-order valence-corrected chi connectivity index (χ1v) is 8.80. The molecule has 0 N–H and O–H groups in total. The summed E-state index contributed by atoms with van der Waals surface area (Å²) in [4.78, 5) is 37.9. The van der Waals surface area contributed by atoms with E-state index in [1.54, 1.807) is 11.0 Å². The van der Waals surface area contributed by atoms with Crippen LogP contribution < -0.4 is 0 Å². The minimum atomic E-state index is -0.499. The van der Waals surface area contributed by atoms with Gasteiger partial charge >= 0.3 is 0 Å². The number of amides is 1. The Morgan fingerprint density at radius 1 is 1.32 bits per heavy atom. The Bertz CT molecular complexity index is 973. The number of carbonyl (C=O) groups is 3. The second kappa shape index (κ2) is 7.80. The summed E-state index contributed by atoms with van der Waals surface area (Å²) >= 11 is 0. The number of methoxy groups -OCH3 is 1. The van der Waals surface area contributed by atoms with Crippen molar-refractivity contribution in [3.8, 4) is 0 Å². The van der Waals surface area contributed by atoms with Gasteiger partial charge in [0.25, 0.3) is 5.91 Å². The quantitative estimate of drug-likeness (QED) is 0.541. The maximum atomic E-state index is 13.3. The molecule has 1 aliphatic rings. The standard InChI is InChI=1S/C21H20FNO5/c1-12(2)23-10-17(20(27-3)21(23)26)19(25)18-7-6-16(28-18)9-13-4-5-15(22)8-14(13)11-24/h4-8,11-12H,9-10H2,1-3H3. The van der Waals surface area contributed by atoms with Gasteiger partial charge in [-0.15, -0.1) is 0 Å². The molecule has 6 nitrogen and oxygen atoms in total. The fourth-order valence-corrected chi connectivity index (χ4v) is 3.14. The average Bonchev–Trinajstić information content (AvgIpc) is 3.26. The number of carbonyl (C=O) groups excluding carboxylic acids is 3. The van der Waals surface area contributed by atoms with Crippen molar-refractivity contribution in [1.82, 2.24) is 4.90 Å². The fourth-order valence-electron chi connectivity index (χ4n) is 3.14. The molecule has 0 radical (unpaired) electrons. The second-order valence-electron chi connectivity index (χ2n) is 6.77. The summed E-state index contributed by atoms with van der Waals surface area (Å²) in [7, 11) is 1.35. The van der Waals surface area contributed by atoms with Crippen LogP contribution in [0.25, 0.3) is 0 Å². The number of rotatable bonds is 7. The number of nitrogens with zero attached hydrogens (tertiary/aromatic N) is 1. The molecule has 0 fully saturated rings. The van der Waals surface area contributed by atoms with Crippen LogP contribution >= 0.6 is 0 Å². The Morgan fingerprint density at radius 2 is 2.07 bits per heavy atom. The highest BCUT2D eigenvalue weighted by Crippen LogP contribution is 2.26. The lowest BCUT2D eigenvalue weighted by molar-refractivity contribution is -0.129. The molecule has 146 valence electrons. The Balaban J connectivity index is 1.84. The van der Waals surface area contributed by atoms with Crippen molar-refractivity contribution in [3.05, 3.63) is 70.1 Å². The molecule has 7 heteroatoms. The molecule has 0 bridgehead atoms. The monoisotopic (exact) mass is 385 g/mol. The van der Waals surface area contributed by atoms with Gasteiger partial charge in [0.15, 0.2) is 11.5 Å². The highest BCUT2D eigenvalue weighted by molar-refractivity contribution is 6.14. The van der Waals surface area contributed by atoms with Crippen LogP contribution in [0.2, 0.25) is 0 Å². The number of benzene rings is 1. The summed E-state index contributed by atoms with van der Waals surface area (Å²) < 4.78 is 24.1. The highest BCUT2D eigenvalue weighted by Gasteiger charge is 2.37. The Labute approximate surface area is 161 Å². The highest BCUT2D eigenvalue weighted by atomic mass is 19.1. The smallest absolute Gasteiger partial charge is 0.289 e. The van der Waals surface area contributed by atoms with Crippen molar-refractivity contribution in [2.75, 3.05) is 13.7 Å². The molecule has 3 rings (SSSR count). The first-order valence-electron chi connectivity index (χ1n) is 8.80. The first-order chi connectivity index (χ1) is 13.3. The van der Waals surface area contributed by atoms with E-state index >= 15 is 0 Å². The summed E-state index contributed by atoms with van der Waals surface area (Å²) in [5.74, 6) is -0.696. The van der Waals surface area contributed by atoms with Crippen molar-refractivity contribution in [2.45, 2.75) is 26.3 Å². The largest absolute Gasteiger partial charge is 0.491 e. The van der Waals surface area contributed by atoms with Crippen LogP contribution in [0.5, 0.6) is 0 Å². The molecule has 28 heavy (non-hydrogen) atoms. The van der Waals surface area contributed by atoms with Gasteiger partial charge in [-0.1, -0.05) is 6.07 Å². The Morgan fingerprint density at radius 3 is 2.71 bits per heavy atom. The molecule has 0 atom stereocenters. The minimum Gasteiger partial charge on any atom is -0.491 e. The van der Waals surface area contributed by atoms with Crippen LogP contribution in [0.3, 0.4) is 0 Å². The van der Waals surface area contributed by atoms with Crippen molar-refractivity contribution >= 4 is 18.0 Å². The molecular weight excluding hydrogens is 365 g/mol. The van der Waals surface area contributed by atoms with Crippen LogP contribution in [0.1, 0.15) is 46.1 Å². The van der Waals surface area contributed by atoms with E-state index in [9.17, 15) is 18.8 Å². The third-order valence-electron chi connectivity index (χ3n) is 4.64. The maximum absolute atomic E-state index is 13.3. The molecule has 0 spiro atoms. The summed E-state index contributed by atoms with van der Waals surface area (Å²) in [5, 5.41) is 0. The topological polar surface area (TPSA) is 76.8 Å². The zero-order valence-electron chi connectivity index (χ0n) is 15.8. The van der Waals surface area contributed by atoms with Crippen LogP contribution in [-0.2, 0) is 16.0 Å². The SMILES string of the molecule is COC1=C(C(=O)c2ccc(Cc3ccc(F)cc3C=O)o2)CN(C(C)C)C1=O.